The molecule has 2 bridgehead atoms. The van der Waals surface area contributed by atoms with Crippen molar-refractivity contribution in [3.05, 3.63) is 29.3 Å². The predicted molar refractivity (Wildman–Crippen MR) is 117 cm³/mol. The fraction of sp³-hybridized carbons (Fsp3) is 0.591. The van der Waals surface area contributed by atoms with Crippen LogP contribution in [0.2, 0.25) is 5.15 Å². The highest BCUT2D eigenvalue weighted by Crippen LogP contribution is 2.41. The summed E-state index contributed by atoms with van der Waals surface area (Å²) in [5.41, 5.74) is 1.36. The fourth-order valence-electron chi connectivity index (χ4n) is 5.92. The zero-order chi connectivity index (χ0) is 21.2. The van der Waals surface area contributed by atoms with Gasteiger partial charge in [0.1, 0.15) is 17.9 Å². The van der Waals surface area contributed by atoms with Crippen LogP contribution in [0.3, 0.4) is 0 Å². The van der Waals surface area contributed by atoms with Gasteiger partial charge in [-0.05, 0) is 38.6 Å². The summed E-state index contributed by atoms with van der Waals surface area (Å²) < 4.78 is 21.1. The number of ether oxygens (including phenoxy) is 1. The summed E-state index contributed by atoms with van der Waals surface area (Å²) in [6.45, 7) is 8.29. The SMILES string of the molecule is C=C1CN2CCCC2(COc2nc(N3CC4CCC(C3)N4)c3cnc(Cl)c(F)c3n2)C1. The molecule has 3 unspecified atom stereocenters. The maximum atomic E-state index is 14.9. The van der Waals surface area contributed by atoms with Gasteiger partial charge in [-0.25, -0.2) is 9.37 Å². The van der Waals surface area contributed by atoms with Crippen molar-refractivity contribution in [2.45, 2.75) is 49.7 Å². The van der Waals surface area contributed by atoms with Crippen LogP contribution in [0.25, 0.3) is 10.9 Å². The number of fused-ring (bicyclic) bond motifs is 4. The summed E-state index contributed by atoms with van der Waals surface area (Å²) in [6.07, 6.45) is 7.01. The molecule has 0 spiro atoms. The Labute approximate surface area is 185 Å². The Morgan fingerprint density at radius 3 is 2.90 bits per heavy atom. The smallest absolute Gasteiger partial charge is 0.319 e. The third-order valence-corrected chi connectivity index (χ3v) is 7.59. The van der Waals surface area contributed by atoms with Crippen LogP contribution in [0.5, 0.6) is 6.01 Å². The van der Waals surface area contributed by atoms with Crippen LogP contribution in [0.1, 0.15) is 32.1 Å². The van der Waals surface area contributed by atoms with Gasteiger partial charge in [0, 0.05) is 37.9 Å². The lowest BCUT2D eigenvalue weighted by atomic mass is 9.94. The van der Waals surface area contributed by atoms with Gasteiger partial charge < -0.3 is 15.0 Å². The molecule has 2 aromatic rings. The minimum Gasteiger partial charge on any atom is -0.461 e. The highest BCUT2D eigenvalue weighted by Gasteiger charge is 2.46. The molecule has 4 aliphatic heterocycles. The van der Waals surface area contributed by atoms with Gasteiger partial charge in [0.05, 0.1) is 10.9 Å². The van der Waals surface area contributed by atoms with E-state index in [2.05, 4.69) is 31.7 Å². The molecule has 6 heterocycles. The standard InChI is InChI=1S/C22H26ClFN6O/c1-13-7-22(5-2-6-30(22)9-13)12-31-21-27-18-16(8-25-19(23)17(18)24)20(28-21)29-10-14-3-4-15(11-29)26-14/h8,14-15,26H,1-7,9-12H2. The van der Waals surface area contributed by atoms with Crippen LogP contribution in [-0.2, 0) is 0 Å². The second-order valence-electron chi connectivity index (χ2n) is 9.46. The number of aromatic nitrogens is 3. The van der Waals surface area contributed by atoms with Gasteiger partial charge >= 0.3 is 6.01 Å². The number of anilines is 1. The minimum absolute atomic E-state index is 0.0435. The predicted octanol–water partition coefficient (Wildman–Crippen LogP) is 2.93. The van der Waals surface area contributed by atoms with E-state index < -0.39 is 5.82 Å². The summed E-state index contributed by atoms with van der Waals surface area (Å²) in [6, 6.07) is 1.05. The van der Waals surface area contributed by atoms with Crippen molar-refractivity contribution in [3.63, 3.8) is 0 Å². The third kappa shape index (κ3) is 3.27. The van der Waals surface area contributed by atoms with Crippen LogP contribution in [0, 0.1) is 5.82 Å². The lowest BCUT2D eigenvalue weighted by Gasteiger charge is -2.34. The Hall–Kier alpha value is -2.03. The molecule has 31 heavy (non-hydrogen) atoms. The molecule has 2 aromatic heterocycles. The first-order valence-corrected chi connectivity index (χ1v) is 11.5. The number of rotatable bonds is 4. The van der Waals surface area contributed by atoms with Crippen LogP contribution < -0.4 is 15.0 Å². The van der Waals surface area contributed by atoms with Crippen molar-refractivity contribution in [2.75, 3.05) is 37.7 Å². The Morgan fingerprint density at radius 1 is 1.29 bits per heavy atom. The van der Waals surface area contributed by atoms with Gasteiger partial charge in [-0.1, -0.05) is 23.8 Å². The van der Waals surface area contributed by atoms with Crippen LogP contribution in [-0.4, -0.2) is 70.3 Å². The molecule has 7 nitrogen and oxygen atoms in total. The van der Waals surface area contributed by atoms with E-state index in [9.17, 15) is 4.39 Å². The molecule has 0 radical (unpaired) electrons. The van der Waals surface area contributed by atoms with E-state index in [1.54, 1.807) is 6.20 Å². The van der Waals surface area contributed by atoms with Crippen molar-refractivity contribution >= 4 is 28.3 Å². The van der Waals surface area contributed by atoms with Crippen LogP contribution in [0.15, 0.2) is 18.3 Å². The van der Waals surface area contributed by atoms with E-state index in [0.29, 0.717) is 29.9 Å². The molecule has 1 N–H and O–H groups in total. The molecule has 4 fully saturated rings. The second kappa shape index (κ2) is 7.25. The quantitative estimate of drug-likeness (QED) is 0.574. The Morgan fingerprint density at radius 2 is 2.10 bits per heavy atom. The molecule has 0 aliphatic carbocycles. The average Bonchev–Trinajstić information content (AvgIpc) is 3.40. The lowest BCUT2D eigenvalue weighted by Crippen LogP contribution is -2.51. The maximum absolute atomic E-state index is 14.9. The summed E-state index contributed by atoms with van der Waals surface area (Å²) in [7, 11) is 0. The first-order valence-electron chi connectivity index (χ1n) is 11.1. The van der Waals surface area contributed by atoms with E-state index in [-0.39, 0.29) is 22.2 Å². The number of pyridine rings is 1. The van der Waals surface area contributed by atoms with E-state index in [4.69, 9.17) is 21.3 Å². The van der Waals surface area contributed by atoms with Crippen molar-refractivity contribution in [1.29, 1.82) is 0 Å². The van der Waals surface area contributed by atoms with Crippen molar-refractivity contribution in [2.24, 2.45) is 0 Å². The lowest BCUT2D eigenvalue weighted by molar-refractivity contribution is 0.108. The van der Waals surface area contributed by atoms with Gasteiger partial charge in [0.15, 0.2) is 11.0 Å². The van der Waals surface area contributed by atoms with E-state index in [1.165, 1.54) is 5.57 Å². The molecule has 4 saturated heterocycles. The van der Waals surface area contributed by atoms with E-state index in [0.717, 1.165) is 58.3 Å². The second-order valence-corrected chi connectivity index (χ2v) is 9.82. The molecule has 0 amide bonds. The normalized spacial score (nSPS) is 30.4. The number of halogens is 2. The maximum Gasteiger partial charge on any atom is 0.319 e. The third-order valence-electron chi connectivity index (χ3n) is 7.32. The topological polar surface area (TPSA) is 66.4 Å². The number of hydrogen-bond acceptors (Lipinski definition) is 7. The van der Waals surface area contributed by atoms with Crippen LogP contribution >= 0.6 is 11.6 Å². The highest BCUT2D eigenvalue weighted by molar-refractivity contribution is 6.30. The first kappa shape index (κ1) is 19.6. The van der Waals surface area contributed by atoms with Crippen molar-refractivity contribution in [1.82, 2.24) is 25.2 Å². The largest absolute Gasteiger partial charge is 0.461 e. The zero-order valence-electron chi connectivity index (χ0n) is 17.4. The van der Waals surface area contributed by atoms with Gasteiger partial charge in [-0.3, -0.25) is 4.90 Å². The Bertz CT molecular complexity index is 1050. The summed E-state index contributed by atoms with van der Waals surface area (Å²) in [4.78, 5) is 17.9. The van der Waals surface area contributed by atoms with Gasteiger partial charge in [0.25, 0.3) is 0 Å². The molecule has 0 aromatic carbocycles. The minimum atomic E-state index is -0.624. The number of hydrogen-bond donors (Lipinski definition) is 1. The number of nitrogens with zero attached hydrogens (tertiary/aromatic N) is 5. The summed E-state index contributed by atoms with van der Waals surface area (Å²) in [5.74, 6) is 0.0544. The van der Waals surface area contributed by atoms with Gasteiger partial charge in [-0.2, -0.15) is 9.97 Å². The molecule has 164 valence electrons. The summed E-state index contributed by atoms with van der Waals surface area (Å²) in [5, 5.41) is 4.01. The zero-order valence-corrected chi connectivity index (χ0v) is 18.2. The molecular weight excluding hydrogens is 419 g/mol. The molecule has 6 rings (SSSR count). The molecule has 0 saturated carbocycles. The highest BCUT2D eigenvalue weighted by atomic mass is 35.5. The molecular formula is C22H26ClFN6O. The summed E-state index contributed by atoms with van der Waals surface area (Å²) >= 11 is 5.98. The molecule has 4 aliphatic rings. The van der Waals surface area contributed by atoms with Gasteiger partial charge in [0.2, 0.25) is 0 Å². The number of nitrogens with one attached hydrogen (secondary N) is 1. The number of piperazine rings is 1. The van der Waals surface area contributed by atoms with E-state index >= 15 is 0 Å². The Kier molecular flexibility index (Phi) is 4.59. The Balaban J connectivity index is 1.36. The molecule has 3 atom stereocenters. The van der Waals surface area contributed by atoms with Crippen molar-refractivity contribution < 1.29 is 9.13 Å². The monoisotopic (exact) mass is 444 g/mol. The van der Waals surface area contributed by atoms with Crippen LogP contribution in [0.4, 0.5) is 10.2 Å². The fourth-order valence-corrected chi connectivity index (χ4v) is 6.06. The van der Waals surface area contributed by atoms with Gasteiger partial charge in [-0.15, -0.1) is 0 Å². The van der Waals surface area contributed by atoms with E-state index in [1.807, 2.05) is 0 Å². The average molecular weight is 445 g/mol. The van der Waals surface area contributed by atoms with Crippen molar-refractivity contribution in [3.8, 4) is 6.01 Å². The first-order chi connectivity index (χ1) is 15.0. The molecule has 9 heteroatoms.